The van der Waals surface area contributed by atoms with Crippen LogP contribution in [0, 0.1) is 0 Å². The number of carbonyl (C=O) groups excluding carboxylic acids is 2. The molecule has 1 aromatic heterocycles. The van der Waals surface area contributed by atoms with Gasteiger partial charge in [0.05, 0.1) is 6.20 Å². The molecule has 7 nitrogen and oxygen atoms in total. The van der Waals surface area contributed by atoms with Gasteiger partial charge >= 0.3 is 6.09 Å². The van der Waals surface area contributed by atoms with Crippen LogP contribution in [0.25, 0.3) is 11.3 Å². The second-order valence-corrected chi connectivity index (χ2v) is 4.23. The number of hydrogen-bond donors (Lipinski definition) is 2. The van der Waals surface area contributed by atoms with Crippen molar-refractivity contribution in [2.75, 3.05) is 11.9 Å². The summed E-state index contributed by atoms with van der Waals surface area (Å²) in [5.74, 6) is 0.282. The Kier molecular flexibility index (Phi) is 3.08. The zero-order valence-corrected chi connectivity index (χ0v) is 10.3. The van der Waals surface area contributed by atoms with Gasteiger partial charge in [-0.2, -0.15) is 0 Å². The Balaban J connectivity index is 1.73. The molecule has 0 unspecified atom stereocenters. The number of ether oxygens (including phenoxy) is 1. The molecule has 0 aliphatic carbocycles. The number of amides is 2. The highest BCUT2D eigenvalue weighted by Gasteiger charge is 2.28. The van der Waals surface area contributed by atoms with Crippen LogP contribution in [0.3, 0.4) is 0 Å². The molecule has 0 bridgehead atoms. The molecule has 0 saturated carbocycles. The van der Waals surface area contributed by atoms with Gasteiger partial charge < -0.3 is 19.8 Å². The average Bonchev–Trinajstić information content (AvgIpc) is 3.10. The van der Waals surface area contributed by atoms with E-state index in [1.807, 2.05) is 6.07 Å². The summed E-state index contributed by atoms with van der Waals surface area (Å²) in [6.45, 7) is 0.0342. The average molecular weight is 273 g/mol. The smallest absolute Gasteiger partial charge is 0.407 e. The van der Waals surface area contributed by atoms with Gasteiger partial charge in [-0.25, -0.2) is 9.78 Å². The number of oxazole rings is 1. The molecule has 0 spiro atoms. The van der Waals surface area contributed by atoms with Gasteiger partial charge in [-0.3, -0.25) is 4.79 Å². The lowest BCUT2D eigenvalue weighted by atomic mass is 10.1. The van der Waals surface area contributed by atoms with Crippen molar-refractivity contribution >= 4 is 17.7 Å². The number of benzene rings is 1. The number of anilines is 1. The summed E-state index contributed by atoms with van der Waals surface area (Å²) in [6.07, 6.45) is 2.35. The van der Waals surface area contributed by atoms with Crippen molar-refractivity contribution in [1.29, 1.82) is 0 Å². The number of aromatic nitrogens is 1. The minimum atomic E-state index is -0.670. The van der Waals surface area contributed by atoms with Crippen LogP contribution in [-0.2, 0) is 9.53 Å². The zero-order chi connectivity index (χ0) is 13.9. The van der Waals surface area contributed by atoms with Crippen molar-refractivity contribution in [2.24, 2.45) is 0 Å². The van der Waals surface area contributed by atoms with Crippen molar-refractivity contribution in [3.05, 3.63) is 36.9 Å². The number of alkyl carbamates (subject to hydrolysis) is 1. The van der Waals surface area contributed by atoms with Crippen LogP contribution in [0.4, 0.5) is 10.5 Å². The van der Waals surface area contributed by atoms with Gasteiger partial charge in [-0.15, -0.1) is 0 Å². The SMILES string of the molecule is O=C1N[C@@H](C(=O)Nc2cccc(-c3cnco3)c2)CO1. The van der Waals surface area contributed by atoms with E-state index in [2.05, 4.69) is 20.4 Å². The van der Waals surface area contributed by atoms with Crippen LogP contribution >= 0.6 is 0 Å². The standard InChI is InChI=1S/C13H11N3O4/c17-12(10-6-19-13(18)16-10)15-9-3-1-2-8(4-9)11-5-14-7-20-11/h1-5,7,10H,6H2,(H,15,17)(H,16,18)/t10-/m1/s1. The van der Waals surface area contributed by atoms with Crippen molar-refractivity contribution in [3.8, 4) is 11.3 Å². The minimum absolute atomic E-state index is 0.0342. The minimum Gasteiger partial charge on any atom is -0.447 e. The number of nitrogens with one attached hydrogen (secondary N) is 2. The van der Waals surface area contributed by atoms with Gasteiger partial charge in [0.2, 0.25) is 0 Å². The van der Waals surface area contributed by atoms with E-state index in [-0.39, 0.29) is 12.5 Å². The van der Waals surface area contributed by atoms with E-state index in [1.165, 1.54) is 6.39 Å². The van der Waals surface area contributed by atoms with E-state index in [0.717, 1.165) is 5.56 Å². The van der Waals surface area contributed by atoms with E-state index >= 15 is 0 Å². The summed E-state index contributed by atoms with van der Waals surface area (Å²) in [5.41, 5.74) is 1.40. The lowest BCUT2D eigenvalue weighted by Crippen LogP contribution is -2.38. The molecule has 2 N–H and O–H groups in total. The van der Waals surface area contributed by atoms with E-state index < -0.39 is 12.1 Å². The fraction of sp³-hybridized carbons (Fsp3) is 0.154. The first-order valence-corrected chi connectivity index (χ1v) is 5.95. The second-order valence-electron chi connectivity index (χ2n) is 4.23. The Hall–Kier alpha value is -2.83. The molecule has 2 amide bonds. The summed E-state index contributed by atoms with van der Waals surface area (Å²) in [6, 6.07) is 6.47. The number of rotatable bonds is 3. The van der Waals surface area contributed by atoms with Gasteiger partial charge in [-0.05, 0) is 12.1 Å². The summed E-state index contributed by atoms with van der Waals surface area (Å²) in [7, 11) is 0. The predicted molar refractivity (Wildman–Crippen MR) is 68.8 cm³/mol. The first-order chi connectivity index (χ1) is 9.72. The fourth-order valence-corrected chi connectivity index (χ4v) is 1.86. The number of hydrogen-bond acceptors (Lipinski definition) is 5. The summed E-state index contributed by atoms with van der Waals surface area (Å²) in [5, 5.41) is 5.13. The lowest BCUT2D eigenvalue weighted by Gasteiger charge is -2.09. The van der Waals surface area contributed by atoms with Gasteiger partial charge in [0.25, 0.3) is 5.91 Å². The molecule has 2 heterocycles. The molecule has 1 atom stereocenters. The second kappa shape index (κ2) is 5.04. The largest absolute Gasteiger partial charge is 0.447 e. The molecule has 1 aromatic carbocycles. The third-order valence-corrected chi connectivity index (χ3v) is 2.84. The fourth-order valence-electron chi connectivity index (χ4n) is 1.86. The maximum absolute atomic E-state index is 11.9. The molecule has 0 radical (unpaired) electrons. The highest BCUT2D eigenvalue weighted by Crippen LogP contribution is 2.22. The molecule has 20 heavy (non-hydrogen) atoms. The van der Waals surface area contributed by atoms with Crippen LogP contribution in [0.5, 0.6) is 0 Å². The number of cyclic esters (lactones) is 1. The molecule has 2 aromatic rings. The van der Waals surface area contributed by atoms with Crippen molar-refractivity contribution < 1.29 is 18.7 Å². The van der Waals surface area contributed by atoms with Gasteiger partial charge in [0.1, 0.15) is 12.6 Å². The molecule has 102 valence electrons. The van der Waals surface area contributed by atoms with Crippen LogP contribution in [0.2, 0.25) is 0 Å². The summed E-state index contributed by atoms with van der Waals surface area (Å²) in [4.78, 5) is 26.6. The van der Waals surface area contributed by atoms with Gasteiger partial charge in [0, 0.05) is 11.3 Å². The van der Waals surface area contributed by atoms with Gasteiger partial charge in [0.15, 0.2) is 12.2 Å². The van der Waals surface area contributed by atoms with Crippen LogP contribution in [-0.4, -0.2) is 29.6 Å². The first-order valence-electron chi connectivity index (χ1n) is 5.95. The molecule has 3 rings (SSSR count). The number of nitrogens with zero attached hydrogens (tertiary/aromatic N) is 1. The molecule has 1 aliphatic heterocycles. The first kappa shape index (κ1) is 12.2. The Morgan fingerprint density at radius 3 is 3.05 bits per heavy atom. The highest BCUT2D eigenvalue weighted by molar-refractivity contribution is 5.98. The third kappa shape index (κ3) is 2.46. The molecule has 7 heteroatoms. The topological polar surface area (TPSA) is 93.5 Å². The highest BCUT2D eigenvalue weighted by atomic mass is 16.6. The Bertz CT molecular complexity index is 639. The normalized spacial score (nSPS) is 17.4. The summed E-state index contributed by atoms with van der Waals surface area (Å²) < 4.78 is 9.87. The number of carbonyl (C=O) groups is 2. The van der Waals surface area contributed by atoms with Crippen molar-refractivity contribution in [2.45, 2.75) is 6.04 Å². The molecular formula is C13H11N3O4. The van der Waals surface area contributed by atoms with Crippen LogP contribution in [0.15, 0.2) is 41.3 Å². The molecular weight excluding hydrogens is 262 g/mol. The molecule has 1 aliphatic rings. The molecule has 1 saturated heterocycles. The van der Waals surface area contributed by atoms with E-state index in [1.54, 1.807) is 24.4 Å². The van der Waals surface area contributed by atoms with Crippen LogP contribution < -0.4 is 10.6 Å². The van der Waals surface area contributed by atoms with E-state index in [9.17, 15) is 9.59 Å². The van der Waals surface area contributed by atoms with Gasteiger partial charge in [-0.1, -0.05) is 12.1 Å². The predicted octanol–water partition coefficient (Wildman–Crippen LogP) is 1.39. The summed E-state index contributed by atoms with van der Waals surface area (Å²) >= 11 is 0. The Labute approximate surface area is 113 Å². The molecule has 1 fully saturated rings. The Morgan fingerprint density at radius 2 is 2.35 bits per heavy atom. The third-order valence-electron chi connectivity index (χ3n) is 2.84. The van der Waals surface area contributed by atoms with E-state index in [4.69, 9.17) is 4.42 Å². The monoisotopic (exact) mass is 273 g/mol. The Morgan fingerprint density at radius 1 is 1.45 bits per heavy atom. The van der Waals surface area contributed by atoms with Crippen molar-refractivity contribution in [1.82, 2.24) is 10.3 Å². The van der Waals surface area contributed by atoms with E-state index in [0.29, 0.717) is 11.4 Å². The van der Waals surface area contributed by atoms with Crippen LogP contribution in [0.1, 0.15) is 0 Å². The zero-order valence-electron chi connectivity index (χ0n) is 10.3. The lowest BCUT2D eigenvalue weighted by molar-refractivity contribution is -0.117. The quantitative estimate of drug-likeness (QED) is 0.881. The maximum atomic E-state index is 11.9. The maximum Gasteiger partial charge on any atom is 0.407 e. The van der Waals surface area contributed by atoms with Crippen molar-refractivity contribution in [3.63, 3.8) is 0 Å².